The summed E-state index contributed by atoms with van der Waals surface area (Å²) in [7, 11) is 0. The quantitative estimate of drug-likeness (QED) is 0.836. The molecule has 0 atom stereocenters. The Hall–Kier alpha value is -1.33. The largest absolute Gasteiger partial charge is 0.477 e. The average Bonchev–Trinajstić information content (AvgIpc) is 3.16. The number of hydrogen-bond donors (Lipinski definition) is 1. The fraction of sp³-hybridized carbons (Fsp3) is 0.333. The van der Waals surface area contributed by atoms with Gasteiger partial charge in [-0.05, 0) is 31.9 Å². The lowest BCUT2D eigenvalue weighted by molar-refractivity contribution is 0.0700. The molecule has 1 aromatic heterocycles. The van der Waals surface area contributed by atoms with Crippen LogP contribution in [0.2, 0.25) is 0 Å². The van der Waals surface area contributed by atoms with E-state index in [2.05, 4.69) is 30.1 Å². The van der Waals surface area contributed by atoms with E-state index in [1.165, 1.54) is 21.8 Å². The average molecular weight is 305 g/mol. The molecule has 1 N–H and O–H groups in total. The van der Waals surface area contributed by atoms with Crippen LogP contribution in [0, 0.1) is 6.92 Å². The van der Waals surface area contributed by atoms with Crippen molar-refractivity contribution in [1.29, 1.82) is 0 Å². The van der Waals surface area contributed by atoms with E-state index in [0.29, 0.717) is 10.8 Å². The van der Waals surface area contributed by atoms with Crippen molar-refractivity contribution >= 4 is 29.1 Å². The number of thioether (sulfide) groups is 1. The number of aryl methyl sites for hydroxylation is 1. The molecule has 0 bridgehead atoms. The molecule has 1 aliphatic rings. The summed E-state index contributed by atoms with van der Waals surface area (Å²) in [5, 5.41) is 10.2. The van der Waals surface area contributed by atoms with Crippen molar-refractivity contribution in [3.05, 3.63) is 45.4 Å². The Morgan fingerprint density at radius 1 is 1.50 bits per heavy atom. The summed E-state index contributed by atoms with van der Waals surface area (Å²) in [6.07, 6.45) is 2.16. The van der Waals surface area contributed by atoms with Gasteiger partial charge in [0.2, 0.25) is 0 Å². The number of thiazole rings is 1. The Morgan fingerprint density at radius 3 is 2.95 bits per heavy atom. The van der Waals surface area contributed by atoms with Gasteiger partial charge in [-0.3, -0.25) is 0 Å². The summed E-state index contributed by atoms with van der Waals surface area (Å²) < 4.78 is 0. The Labute approximate surface area is 126 Å². The summed E-state index contributed by atoms with van der Waals surface area (Å²) in [6, 6.07) is 8.32. The molecule has 104 valence electrons. The molecular formula is C15H15NO2S2. The molecule has 0 unspecified atom stereocenters. The lowest BCUT2D eigenvalue weighted by Gasteiger charge is -2.00. The zero-order chi connectivity index (χ0) is 14.1. The van der Waals surface area contributed by atoms with Crippen LogP contribution in [-0.2, 0) is 5.75 Å². The fourth-order valence-electron chi connectivity index (χ4n) is 2.08. The summed E-state index contributed by atoms with van der Waals surface area (Å²) in [6.45, 7) is 2.07. The molecule has 0 aliphatic heterocycles. The van der Waals surface area contributed by atoms with Crippen LogP contribution in [0.25, 0.3) is 0 Å². The maximum Gasteiger partial charge on any atom is 0.347 e. The Kier molecular flexibility index (Phi) is 3.81. The first-order valence-corrected chi connectivity index (χ1v) is 8.36. The number of nitrogens with zero attached hydrogens (tertiary/aromatic N) is 1. The molecule has 1 aliphatic carbocycles. The molecule has 0 amide bonds. The lowest BCUT2D eigenvalue weighted by atomic mass is 10.2. The first kappa shape index (κ1) is 13.6. The van der Waals surface area contributed by atoms with E-state index >= 15 is 0 Å². The van der Waals surface area contributed by atoms with Gasteiger partial charge in [-0.1, -0.05) is 17.7 Å². The van der Waals surface area contributed by atoms with Crippen LogP contribution in [-0.4, -0.2) is 16.1 Å². The highest BCUT2D eigenvalue weighted by Crippen LogP contribution is 2.43. The van der Waals surface area contributed by atoms with Gasteiger partial charge < -0.3 is 5.11 Å². The van der Waals surface area contributed by atoms with Gasteiger partial charge in [0, 0.05) is 10.8 Å². The SMILES string of the molecule is Cc1cccc(SCc2nc(C3CC3)c(C(=O)O)s2)c1. The van der Waals surface area contributed by atoms with Crippen molar-refractivity contribution in [2.24, 2.45) is 0 Å². The third-order valence-electron chi connectivity index (χ3n) is 3.21. The number of carbonyl (C=O) groups is 1. The molecule has 1 heterocycles. The molecule has 1 fully saturated rings. The minimum absolute atomic E-state index is 0.384. The van der Waals surface area contributed by atoms with E-state index < -0.39 is 5.97 Å². The van der Waals surface area contributed by atoms with Crippen molar-refractivity contribution in [2.45, 2.75) is 36.3 Å². The topological polar surface area (TPSA) is 50.2 Å². The van der Waals surface area contributed by atoms with Crippen LogP contribution in [0.3, 0.4) is 0 Å². The Balaban J connectivity index is 1.74. The number of carboxylic acids is 1. The fourth-order valence-corrected chi connectivity index (χ4v) is 4.07. The number of carboxylic acid groups (broad SMARTS) is 1. The van der Waals surface area contributed by atoms with Crippen LogP contribution >= 0.6 is 23.1 Å². The normalized spacial score (nSPS) is 14.4. The highest BCUT2D eigenvalue weighted by molar-refractivity contribution is 7.98. The summed E-state index contributed by atoms with van der Waals surface area (Å²) in [5.74, 6) is 0.285. The van der Waals surface area contributed by atoms with Crippen molar-refractivity contribution < 1.29 is 9.90 Å². The minimum atomic E-state index is -0.837. The van der Waals surface area contributed by atoms with Gasteiger partial charge in [-0.15, -0.1) is 23.1 Å². The van der Waals surface area contributed by atoms with E-state index in [0.717, 1.165) is 29.3 Å². The molecule has 20 heavy (non-hydrogen) atoms. The van der Waals surface area contributed by atoms with Crippen LogP contribution in [0.4, 0.5) is 0 Å². The van der Waals surface area contributed by atoms with Gasteiger partial charge in [0.05, 0.1) is 11.4 Å². The molecule has 0 spiro atoms. The third kappa shape index (κ3) is 3.04. The van der Waals surface area contributed by atoms with Gasteiger partial charge in [-0.2, -0.15) is 0 Å². The van der Waals surface area contributed by atoms with E-state index in [-0.39, 0.29) is 0 Å². The highest BCUT2D eigenvalue weighted by Gasteiger charge is 2.31. The summed E-state index contributed by atoms with van der Waals surface area (Å²) >= 11 is 3.04. The van der Waals surface area contributed by atoms with E-state index in [1.807, 2.05) is 6.07 Å². The predicted molar refractivity (Wildman–Crippen MR) is 81.8 cm³/mol. The molecule has 2 aromatic rings. The number of aromatic carboxylic acids is 1. The number of aromatic nitrogens is 1. The molecule has 0 radical (unpaired) electrons. The van der Waals surface area contributed by atoms with Crippen molar-refractivity contribution in [2.75, 3.05) is 0 Å². The monoisotopic (exact) mass is 305 g/mol. The highest BCUT2D eigenvalue weighted by atomic mass is 32.2. The molecule has 5 heteroatoms. The van der Waals surface area contributed by atoms with E-state index in [4.69, 9.17) is 0 Å². The number of hydrogen-bond acceptors (Lipinski definition) is 4. The summed E-state index contributed by atoms with van der Waals surface area (Å²) in [4.78, 5) is 17.4. The standard InChI is InChI=1S/C15H15NO2S2/c1-9-3-2-4-11(7-9)19-8-12-16-13(10-5-6-10)14(20-12)15(17)18/h2-4,7,10H,5-6,8H2,1H3,(H,17,18). The van der Waals surface area contributed by atoms with Crippen LogP contribution in [0.15, 0.2) is 29.2 Å². The smallest absolute Gasteiger partial charge is 0.347 e. The van der Waals surface area contributed by atoms with Gasteiger partial charge in [0.15, 0.2) is 0 Å². The molecule has 1 aromatic carbocycles. The zero-order valence-electron chi connectivity index (χ0n) is 11.1. The maximum atomic E-state index is 11.2. The van der Waals surface area contributed by atoms with E-state index in [9.17, 15) is 9.90 Å². The maximum absolute atomic E-state index is 11.2. The predicted octanol–water partition coefficient (Wildman–Crippen LogP) is 4.32. The van der Waals surface area contributed by atoms with Crippen molar-refractivity contribution in [3.8, 4) is 0 Å². The zero-order valence-corrected chi connectivity index (χ0v) is 12.8. The van der Waals surface area contributed by atoms with Gasteiger partial charge >= 0.3 is 5.97 Å². The molecule has 1 saturated carbocycles. The third-order valence-corrected chi connectivity index (χ3v) is 5.45. The molecule has 0 saturated heterocycles. The van der Waals surface area contributed by atoms with Crippen molar-refractivity contribution in [1.82, 2.24) is 4.98 Å². The molecule has 3 rings (SSSR count). The summed E-state index contributed by atoms with van der Waals surface area (Å²) in [5.41, 5.74) is 2.04. The van der Waals surface area contributed by atoms with Crippen LogP contribution in [0.5, 0.6) is 0 Å². The second kappa shape index (κ2) is 5.58. The molecule has 3 nitrogen and oxygen atoms in total. The van der Waals surface area contributed by atoms with Crippen LogP contribution in [0.1, 0.15) is 44.7 Å². The second-order valence-electron chi connectivity index (χ2n) is 5.01. The molecular weight excluding hydrogens is 290 g/mol. The lowest BCUT2D eigenvalue weighted by Crippen LogP contribution is -1.97. The Bertz CT molecular complexity index is 647. The first-order valence-electron chi connectivity index (χ1n) is 6.56. The minimum Gasteiger partial charge on any atom is -0.477 e. The number of benzene rings is 1. The second-order valence-corrected chi connectivity index (χ2v) is 7.14. The van der Waals surface area contributed by atoms with E-state index in [1.54, 1.807) is 11.8 Å². The Morgan fingerprint density at radius 2 is 2.30 bits per heavy atom. The van der Waals surface area contributed by atoms with Gasteiger partial charge in [0.25, 0.3) is 0 Å². The first-order chi connectivity index (χ1) is 9.63. The van der Waals surface area contributed by atoms with Crippen molar-refractivity contribution in [3.63, 3.8) is 0 Å². The van der Waals surface area contributed by atoms with Gasteiger partial charge in [-0.25, -0.2) is 9.78 Å². The number of rotatable bonds is 5. The van der Waals surface area contributed by atoms with Crippen LogP contribution < -0.4 is 0 Å². The van der Waals surface area contributed by atoms with Gasteiger partial charge in [0.1, 0.15) is 9.88 Å².